The fourth-order valence-corrected chi connectivity index (χ4v) is 4.30. The van der Waals surface area contributed by atoms with Gasteiger partial charge in [-0.2, -0.15) is 4.31 Å². The van der Waals surface area contributed by atoms with E-state index in [2.05, 4.69) is 5.32 Å². The predicted molar refractivity (Wildman–Crippen MR) is 66.2 cm³/mol. The first-order chi connectivity index (χ1) is 7.99. The largest absolute Gasteiger partial charge is 0.391 e. The predicted octanol–water partition coefficient (Wildman–Crippen LogP) is -0.229. The summed E-state index contributed by atoms with van der Waals surface area (Å²) in [5.41, 5.74) is 0. The minimum atomic E-state index is -3.21. The molecule has 0 bridgehead atoms. The molecule has 2 fully saturated rings. The molecule has 5 nitrogen and oxygen atoms in total. The lowest BCUT2D eigenvalue weighted by Gasteiger charge is -2.33. The molecule has 0 spiro atoms. The van der Waals surface area contributed by atoms with Crippen molar-refractivity contribution in [2.75, 3.05) is 25.4 Å². The highest BCUT2D eigenvalue weighted by molar-refractivity contribution is 7.89. The number of nitrogens with zero attached hydrogens (tertiary/aromatic N) is 1. The maximum Gasteiger partial charge on any atom is 0.215 e. The van der Waals surface area contributed by atoms with Gasteiger partial charge >= 0.3 is 0 Å². The molecule has 0 saturated carbocycles. The average molecular weight is 262 g/mol. The first-order valence-electron chi connectivity index (χ1n) is 6.38. The normalized spacial score (nSPS) is 36.2. The zero-order chi connectivity index (χ0) is 12.5. The molecule has 3 unspecified atom stereocenters. The SMILES string of the molecule is CC1CCN(S(=O)(=O)CC2CCCN2)CC1O. The fraction of sp³-hybridized carbons (Fsp3) is 1.00. The van der Waals surface area contributed by atoms with Crippen LogP contribution in [0.25, 0.3) is 0 Å². The molecule has 2 N–H and O–H groups in total. The van der Waals surface area contributed by atoms with E-state index in [9.17, 15) is 13.5 Å². The van der Waals surface area contributed by atoms with Crippen LogP contribution in [0, 0.1) is 5.92 Å². The molecule has 0 aromatic heterocycles. The number of hydrogen-bond acceptors (Lipinski definition) is 4. The van der Waals surface area contributed by atoms with Crippen LogP contribution in [0.5, 0.6) is 0 Å². The molecule has 2 aliphatic rings. The third-order valence-corrected chi connectivity index (χ3v) is 5.79. The van der Waals surface area contributed by atoms with Crippen LogP contribution in [-0.2, 0) is 10.0 Å². The Morgan fingerprint density at radius 2 is 2.18 bits per heavy atom. The summed E-state index contributed by atoms with van der Waals surface area (Å²) >= 11 is 0. The summed E-state index contributed by atoms with van der Waals surface area (Å²) in [6.07, 6.45) is 2.22. The Morgan fingerprint density at radius 1 is 1.41 bits per heavy atom. The van der Waals surface area contributed by atoms with Gasteiger partial charge in [0.05, 0.1) is 11.9 Å². The summed E-state index contributed by atoms with van der Waals surface area (Å²) < 4.78 is 25.8. The maximum atomic E-state index is 12.2. The highest BCUT2D eigenvalue weighted by atomic mass is 32.2. The number of β-amino-alcohol motifs (C(OH)–C–C–N with tert-alkyl or cyclic N) is 1. The van der Waals surface area contributed by atoms with Gasteiger partial charge in [0.15, 0.2) is 0 Å². The minimum absolute atomic E-state index is 0.0940. The molecule has 17 heavy (non-hydrogen) atoms. The lowest BCUT2D eigenvalue weighted by Crippen LogP contribution is -2.48. The second-order valence-electron chi connectivity index (χ2n) is 5.26. The molecule has 6 heteroatoms. The van der Waals surface area contributed by atoms with Gasteiger partial charge in [-0.05, 0) is 31.7 Å². The van der Waals surface area contributed by atoms with Crippen LogP contribution < -0.4 is 5.32 Å². The van der Waals surface area contributed by atoms with Crippen LogP contribution in [0.1, 0.15) is 26.2 Å². The number of hydrogen-bond donors (Lipinski definition) is 2. The van der Waals surface area contributed by atoms with Crippen LogP contribution in [0.15, 0.2) is 0 Å². The first kappa shape index (κ1) is 13.3. The fourth-order valence-electron chi connectivity index (χ4n) is 2.53. The molecule has 0 aliphatic carbocycles. The van der Waals surface area contributed by atoms with Gasteiger partial charge in [-0.3, -0.25) is 0 Å². The summed E-state index contributed by atoms with van der Waals surface area (Å²) in [6, 6.07) is 0.0940. The van der Waals surface area contributed by atoms with Gasteiger partial charge in [-0.1, -0.05) is 6.92 Å². The Hall–Kier alpha value is -0.170. The Bertz CT molecular complexity index is 352. The van der Waals surface area contributed by atoms with Crippen molar-refractivity contribution >= 4 is 10.0 Å². The Kier molecular flexibility index (Phi) is 4.07. The standard InChI is InChI=1S/C11H22N2O3S/c1-9-4-6-13(7-11(9)14)17(15,16)8-10-3-2-5-12-10/h9-12,14H,2-8H2,1H3. The van der Waals surface area contributed by atoms with Crippen molar-refractivity contribution in [3.63, 3.8) is 0 Å². The Morgan fingerprint density at radius 3 is 2.76 bits per heavy atom. The van der Waals surface area contributed by atoms with E-state index >= 15 is 0 Å². The molecule has 2 heterocycles. The van der Waals surface area contributed by atoms with Crippen molar-refractivity contribution in [3.05, 3.63) is 0 Å². The van der Waals surface area contributed by atoms with E-state index in [4.69, 9.17) is 0 Å². The number of piperidine rings is 1. The number of aliphatic hydroxyl groups is 1. The second-order valence-corrected chi connectivity index (χ2v) is 7.28. The third-order valence-electron chi connectivity index (χ3n) is 3.85. The van der Waals surface area contributed by atoms with Gasteiger partial charge in [-0.15, -0.1) is 0 Å². The minimum Gasteiger partial charge on any atom is -0.391 e. The molecule has 0 aromatic carbocycles. The summed E-state index contributed by atoms with van der Waals surface area (Å²) in [5, 5.41) is 13.0. The monoisotopic (exact) mass is 262 g/mol. The van der Waals surface area contributed by atoms with E-state index in [1.165, 1.54) is 4.31 Å². The van der Waals surface area contributed by atoms with E-state index < -0.39 is 16.1 Å². The number of aliphatic hydroxyl groups excluding tert-OH is 1. The van der Waals surface area contributed by atoms with Crippen molar-refractivity contribution in [1.29, 1.82) is 0 Å². The molecule has 2 aliphatic heterocycles. The molecule has 2 rings (SSSR count). The molecule has 3 atom stereocenters. The summed E-state index contributed by atoms with van der Waals surface area (Å²) in [5.74, 6) is 0.375. The van der Waals surface area contributed by atoms with E-state index in [0.29, 0.717) is 6.54 Å². The van der Waals surface area contributed by atoms with E-state index in [-0.39, 0.29) is 24.3 Å². The zero-order valence-electron chi connectivity index (χ0n) is 10.3. The summed E-state index contributed by atoms with van der Waals surface area (Å²) in [4.78, 5) is 0. The van der Waals surface area contributed by atoms with Crippen LogP contribution >= 0.6 is 0 Å². The highest BCUT2D eigenvalue weighted by Gasteiger charge is 2.33. The van der Waals surface area contributed by atoms with Gasteiger partial charge in [0.2, 0.25) is 10.0 Å². The molecular formula is C11H22N2O3S. The third kappa shape index (κ3) is 3.19. The molecule has 100 valence electrons. The molecule has 2 saturated heterocycles. The number of nitrogens with one attached hydrogen (secondary N) is 1. The number of rotatable bonds is 3. The number of sulfonamides is 1. The van der Waals surface area contributed by atoms with E-state index in [1.54, 1.807) is 0 Å². The van der Waals surface area contributed by atoms with E-state index in [1.807, 2.05) is 6.92 Å². The summed E-state index contributed by atoms with van der Waals surface area (Å²) in [7, 11) is -3.21. The zero-order valence-corrected chi connectivity index (χ0v) is 11.1. The van der Waals surface area contributed by atoms with Crippen molar-refractivity contribution in [2.24, 2.45) is 5.92 Å². The molecular weight excluding hydrogens is 240 g/mol. The van der Waals surface area contributed by atoms with Crippen LogP contribution in [0.3, 0.4) is 0 Å². The first-order valence-corrected chi connectivity index (χ1v) is 7.99. The van der Waals surface area contributed by atoms with Crippen molar-refractivity contribution in [1.82, 2.24) is 9.62 Å². The van der Waals surface area contributed by atoms with Gasteiger partial charge < -0.3 is 10.4 Å². The Balaban J connectivity index is 1.95. The average Bonchev–Trinajstić information content (AvgIpc) is 2.73. The summed E-state index contributed by atoms with van der Waals surface area (Å²) in [6.45, 7) is 3.69. The van der Waals surface area contributed by atoms with Gasteiger partial charge in [0, 0.05) is 19.1 Å². The molecule has 0 aromatic rings. The van der Waals surface area contributed by atoms with Crippen LogP contribution in [0.2, 0.25) is 0 Å². The van der Waals surface area contributed by atoms with Gasteiger partial charge in [-0.25, -0.2) is 8.42 Å². The quantitative estimate of drug-likeness (QED) is 0.737. The lowest BCUT2D eigenvalue weighted by atomic mass is 9.98. The van der Waals surface area contributed by atoms with Crippen LogP contribution in [0.4, 0.5) is 0 Å². The van der Waals surface area contributed by atoms with Crippen molar-refractivity contribution < 1.29 is 13.5 Å². The van der Waals surface area contributed by atoms with Crippen molar-refractivity contribution in [3.8, 4) is 0 Å². The maximum absolute atomic E-state index is 12.2. The topological polar surface area (TPSA) is 69.6 Å². The highest BCUT2D eigenvalue weighted by Crippen LogP contribution is 2.21. The van der Waals surface area contributed by atoms with Gasteiger partial charge in [0.1, 0.15) is 0 Å². The van der Waals surface area contributed by atoms with Crippen LogP contribution in [-0.4, -0.2) is 55.4 Å². The molecule has 0 amide bonds. The lowest BCUT2D eigenvalue weighted by molar-refractivity contribution is 0.0604. The second kappa shape index (κ2) is 5.22. The molecule has 0 radical (unpaired) electrons. The van der Waals surface area contributed by atoms with Crippen molar-refractivity contribution in [2.45, 2.75) is 38.3 Å². The Labute approximate surface area is 103 Å². The smallest absolute Gasteiger partial charge is 0.215 e. The van der Waals surface area contributed by atoms with Gasteiger partial charge in [0.25, 0.3) is 0 Å². The van der Waals surface area contributed by atoms with E-state index in [0.717, 1.165) is 25.8 Å².